The molecule has 16 heavy (non-hydrogen) atoms. The maximum atomic E-state index is 6.15. The number of benzene rings is 1. The van der Waals surface area contributed by atoms with Crippen LogP contribution in [0, 0.1) is 0 Å². The van der Waals surface area contributed by atoms with Gasteiger partial charge in [-0.2, -0.15) is 0 Å². The smallest absolute Gasteiger partial charge is 0.125 e. The Balaban J connectivity index is 2.54. The SMILES string of the molecule is CCc1cc(Cl)cc(C2(CN)CC2)c1OC. The van der Waals surface area contributed by atoms with E-state index in [-0.39, 0.29) is 5.41 Å². The lowest BCUT2D eigenvalue weighted by molar-refractivity contribution is 0.399. The Kier molecular flexibility index (Phi) is 3.13. The molecule has 0 spiro atoms. The molecule has 1 aromatic rings. The van der Waals surface area contributed by atoms with Gasteiger partial charge in [-0.1, -0.05) is 18.5 Å². The first-order chi connectivity index (χ1) is 7.66. The standard InChI is InChI=1S/C13H18ClNO/c1-3-9-6-10(14)7-11(12(9)16-2)13(8-15)4-5-13/h6-7H,3-5,8,15H2,1-2H3. The Morgan fingerprint density at radius 3 is 2.56 bits per heavy atom. The summed E-state index contributed by atoms with van der Waals surface area (Å²) in [6, 6.07) is 4.00. The van der Waals surface area contributed by atoms with Crippen LogP contribution >= 0.6 is 11.6 Å². The molecule has 0 saturated heterocycles. The van der Waals surface area contributed by atoms with E-state index < -0.39 is 0 Å². The number of halogens is 1. The second-order valence-electron chi connectivity index (χ2n) is 4.48. The quantitative estimate of drug-likeness (QED) is 0.877. The van der Waals surface area contributed by atoms with Crippen molar-refractivity contribution in [1.29, 1.82) is 0 Å². The average molecular weight is 240 g/mol. The van der Waals surface area contributed by atoms with Crippen molar-refractivity contribution in [3.05, 3.63) is 28.3 Å². The summed E-state index contributed by atoms with van der Waals surface area (Å²) in [6.07, 6.45) is 3.21. The van der Waals surface area contributed by atoms with Crippen LogP contribution in [0.4, 0.5) is 0 Å². The zero-order valence-electron chi connectivity index (χ0n) is 9.85. The van der Waals surface area contributed by atoms with Crippen LogP contribution in [0.15, 0.2) is 12.1 Å². The van der Waals surface area contributed by atoms with Gasteiger partial charge in [-0.05, 0) is 37.0 Å². The Labute approximate surface area is 102 Å². The molecule has 0 atom stereocenters. The fraction of sp³-hybridized carbons (Fsp3) is 0.538. The molecule has 0 radical (unpaired) electrons. The van der Waals surface area contributed by atoms with Gasteiger partial charge in [0.15, 0.2) is 0 Å². The molecular formula is C13H18ClNO. The van der Waals surface area contributed by atoms with Crippen molar-refractivity contribution >= 4 is 11.6 Å². The first-order valence-electron chi connectivity index (χ1n) is 5.74. The summed E-state index contributed by atoms with van der Waals surface area (Å²) in [6.45, 7) is 2.78. The van der Waals surface area contributed by atoms with Crippen LogP contribution in [0.1, 0.15) is 30.9 Å². The van der Waals surface area contributed by atoms with Crippen molar-refractivity contribution in [1.82, 2.24) is 0 Å². The maximum absolute atomic E-state index is 6.15. The van der Waals surface area contributed by atoms with E-state index in [1.54, 1.807) is 7.11 Å². The molecule has 0 amide bonds. The number of methoxy groups -OCH3 is 1. The normalized spacial score (nSPS) is 17.2. The van der Waals surface area contributed by atoms with Crippen molar-refractivity contribution in [2.75, 3.05) is 13.7 Å². The maximum Gasteiger partial charge on any atom is 0.125 e. The highest BCUT2D eigenvalue weighted by atomic mass is 35.5. The summed E-state index contributed by atoms with van der Waals surface area (Å²) in [5, 5.41) is 0.785. The van der Waals surface area contributed by atoms with Gasteiger partial charge >= 0.3 is 0 Å². The van der Waals surface area contributed by atoms with Crippen LogP contribution in [0.25, 0.3) is 0 Å². The highest BCUT2D eigenvalue weighted by Crippen LogP contribution is 2.51. The third kappa shape index (κ3) is 1.80. The summed E-state index contributed by atoms with van der Waals surface area (Å²) < 4.78 is 5.54. The van der Waals surface area contributed by atoms with Crippen LogP contribution in [-0.4, -0.2) is 13.7 Å². The van der Waals surface area contributed by atoms with Gasteiger partial charge < -0.3 is 10.5 Å². The lowest BCUT2D eigenvalue weighted by atomic mass is 9.92. The molecule has 1 aliphatic rings. The molecule has 0 unspecified atom stereocenters. The van der Waals surface area contributed by atoms with Crippen LogP contribution in [-0.2, 0) is 11.8 Å². The van der Waals surface area contributed by atoms with Gasteiger partial charge in [0.2, 0.25) is 0 Å². The summed E-state index contributed by atoms with van der Waals surface area (Å²) in [4.78, 5) is 0. The van der Waals surface area contributed by atoms with E-state index in [1.807, 2.05) is 12.1 Å². The number of rotatable bonds is 4. The third-order valence-corrected chi connectivity index (χ3v) is 3.75. The minimum absolute atomic E-state index is 0.125. The van der Waals surface area contributed by atoms with E-state index in [4.69, 9.17) is 22.1 Å². The Morgan fingerprint density at radius 1 is 1.44 bits per heavy atom. The fourth-order valence-electron chi connectivity index (χ4n) is 2.28. The van der Waals surface area contributed by atoms with Gasteiger partial charge in [0.25, 0.3) is 0 Å². The molecule has 0 aliphatic heterocycles. The number of nitrogens with two attached hydrogens (primary N) is 1. The zero-order chi connectivity index (χ0) is 11.8. The van der Waals surface area contributed by atoms with Crippen molar-refractivity contribution in [2.24, 2.45) is 5.73 Å². The third-order valence-electron chi connectivity index (χ3n) is 3.53. The van der Waals surface area contributed by atoms with Crippen LogP contribution in [0.3, 0.4) is 0 Å². The van der Waals surface area contributed by atoms with Gasteiger partial charge in [-0.25, -0.2) is 0 Å². The average Bonchev–Trinajstić information content (AvgIpc) is 3.08. The predicted molar refractivity (Wildman–Crippen MR) is 67.3 cm³/mol. The first-order valence-corrected chi connectivity index (χ1v) is 6.11. The summed E-state index contributed by atoms with van der Waals surface area (Å²) in [5.74, 6) is 0.981. The Bertz CT molecular complexity index is 399. The van der Waals surface area contributed by atoms with Crippen molar-refractivity contribution < 1.29 is 4.74 Å². The monoisotopic (exact) mass is 239 g/mol. The molecule has 1 aliphatic carbocycles. The summed E-state index contributed by atoms with van der Waals surface area (Å²) in [7, 11) is 1.72. The number of ether oxygens (including phenoxy) is 1. The lowest BCUT2D eigenvalue weighted by Gasteiger charge is -2.20. The van der Waals surface area contributed by atoms with Crippen LogP contribution in [0.2, 0.25) is 5.02 Å². The van der Waals surface area contributed by atoms with E-state index in [1.165, 1.54) is 11.1 Å². The molecule has 1 saturated carbocycles. The molecule has 88 valence electrons. The minimum atomic E-state index is 0.125. The molecule has 1 fully saturated rings. The van der Waals surface area contributed by atoms with Gasteiger partial charge in [-0.15, -0.1) is 0 Å². The molecule has 0 heterocycles. The van der Waals surface area contributed by atoms with Gasteiger partial charge in [0.05, 0.1) is 7.11 Å². The molecule has 2 N–H and O–H groups in total. The number of hydrogen-bond donors (Lipinski definition) is 1. The second kappa shape index (κ2) is 4.27. The Morgan fingerprint density at radius 2 is 2.12 bits per heavy atom. The molecular weight excluding hydrogens is 222 g/mol. The molecule has 3 heteroatoms. The number of hydrogen-bond acceptors (Lipinski definition) is 2. The van der Waals surface area contributed by atoms with Gasteiger partial charge in [-0.3, -0.25) is 0 Å². The fourth-order valence-corrected chi connectivity index (χ4v) is 2.52. The molecule has 0 bridgehead atoms. The lowest BCUT2D eigenvalue weighted by Crippen LogP contribution is -2.21. The molecule has 2 nitrogen and oxygen atoms in total. The molecule has 1 aromatic carbocycles. The van der Waals surface area contributed by atoms with E-state index in [2.05, 4.69) is 6.92 Å². The highest BCUT2D eigenvalue weighted by molar-refractivity contribution is 6.30. The topological polar surface area (TPSA) is 35.2 Å². The van der Waals surface area contributed by atoms with E-state index >= 15 is 0 Å². The summed E-state index contributed by atoms with van der Waals surface area (Å²) >= 11 is 6.15. The van der Waals surface area contributed by atoms with Gasteiger partial charge in [0, 0.05) is 22.5 Å². The first kappa shape index (κ1) is 11.7. The molecule has 2 rings (SSSR count). The minimum Gasteiger partial charge on any atom is -0.496 e. The second-order valence-corrected chi connectivity index (χ2v) is 4.92. The predicted octanol–water partition coefficient (Wildman–Crippen LogP) is 2.90. The van der Waals surface area contributed by atoms with E-state index in [0.29, 0.717) is 6.54 Å². The summed E-state index contributed by atoms with van der Waals surface area (Å²) in [5.41, 5.74) is 8.36. The number of aryl methyl sites for hydroxylation is 1. The Hall–Kier alpha value is -0.730. The van der Waals surface area contributed by atoms with E-state index in [0.717, 1.165) is 30.0 Å². The van der Waals surface area contributed by atoms with Crippen molar-refractivity contribution in [3.8, 4) is 5.75 Å². The van der Waals surface area contributed by atoms with Crippen molar-refractivity contribution in [2.45, 2.75) is 31.6 Å². The van der Waals surface area contributed by atoms with E-state index in [9.17, 15) is 0 Å². The van der Waals surface area contributed by atoms with Gasteiger partial charge in [0.1, 0.15) is 5.75 Å². The van der Waals surface area contributed by atoms with Crippen molar-refractivity contribution in [3.63, 3.8) is 0 Å². The highest BCUT2D eigenvalue weighted by Gasteiger charge is 2.45. The largest absolute Gasteiger partial charge is 0.496 e. The molecule has 0 aromatic heterocycles. The zero-order valence-corrected chi connectivity index (χ0v) is 10.6. The van der Waals surface area contributed by atoms with Crippen LogP contribution < -0.4 is 10.5 Å². The van der Waals surface area contributed by atoms with Crippen LogP contribution in [0.5, 0.6) is 5.75 Å².